The van der Waals surface area contributed by atoms with E-state index in [0.29, 0.717) is 16.3 Å². The molecule has 3 rings (SSSR count). The minimum absolute atomic E-state index is 0.0686. The maximum Gasteiger partial charge on any atom is 0.355 e. The van der Waals surface area contributed by atoms with Gasteiger partial charge < -0.3 is 20.9 Å². The van der Waals surface area contributed by atoms with Crippen LogP contribution in [0, 0.1) is 6.92 Å². The van der Waals surface area contributed by atoms with E-state index in [-0.39, 0.29) is 22.7 Å². The van der Waals surface area contributed by atoms with Gasteiger partial charge in [-0.15, -0.1) is 0 Å². The Morgan fingerprint density at radius 1 is 0.906 bits per heavy atom. The Morgan fingerprint density at radius 2 is 1.47 bits per heavy atom. The second-order valence-corrected chi connectivity index (χ2v) is 7.50. The average Bonchev–Trinajstić information content (AvgIpc) is 2.78. The average molecular weight is 456 g/mol. The van der Waals surface area contributed by atoms with Crippen molar-refractivity contribution in [2.75, 3.05) is 19.1 Å². The molecule has 0 saturated heterocycles. The molecule has 0 radical (unpaired) electrons. The second-order valence-electron chi connectivity index (χ2n) is 7.06. The van der Waals surface area contributed by atoms with Crippen LogP contribution in [0.1, 0.15) is 17.0 Å². The van der Waals surface area contributed by atoms with Crippen molar-refractivity contribution in [3.63, 3.8) is 0 Å². The van der Waals surface area contributed by atoms with Gasteiger partial charge in [0.2, 0.25) is 5.91 Å². The summed E-state index contributed by atoms with van der Waals surface area (Å²) in [6.07, 6.45) is 0. The molecule has 1 heterocycles. The highest BCUT2D eigenvalue weighted by Crippen LogP contribution is 2.43. The van der Waals surface area contributed by atoms with Gasteiger partial charge in [0.25, 0.3) is 0 Å². The summed E-state index contributed by atoms with van der Waals surface area (Å²) in [5.74, 6) is -3.71. The molecule has 0 aliphatic carbocycles. The molecule has 1 amide bonds. The van der Waals surface area contributed by atoms with Crippen molar-refractivity contribution in [1.29, 1.82) is 0 Å². The van der Waals surface area contributed by atoms with Crippen LogP contribution in [0.3, 0.4) is 0 Å². The van der Waals surface area contributed by atoms with Crippen LogP contribution in [0.4, 0.5) is 5.69 Å². The number of halogens is 1. The Labute approximate surface area is 190 Å². The molecule has 0 bridgehead atoms. The largest absolute Gasteiger partial charge is 0.466 e. The predicted molar refractivity (Wildman–Crippen MR) is 119 cm³/mol. The number of amides is 1. The molecule has 9 heteroatoms. The minimum Gasteiger partial charge on any atom is -0.466 e. The normalized spacial score (nSPS) is 16.1. The molecule has 0 spiro atoms. The molecule has 8 nitrogen and oxygen atoms in total. The quantitative estimate of drug-likeness (QED) is 0.663. The van der Waals surface area contributed by atoms with Crippen molar-refractivity contribution in [2.24, 2.45) is 11.5 Å². The molecule has 2 aromatic rings. The number of nitrogens with zero attached hydrogens (tertiary/aromatic N) is 1. The molecule has 0 saturated carbocycles. The van der Waals surface area contributed by atoms with Crippen molar-refractivity contribution in [3.05, 3.63) is 87.3 Å². The third-order valence-corrected chi connectivity index (χ3v) is 5.37. The number of ether oxygens (including phenoxy) is 2. The van der Waals surface area contributed by atoms with E-state index in [9.17, 15) is 14.4 Å². The smallest absolute Gasteiger partial charge is 0.355 e. The summed E-state index contributed by atoms with van der Waals surface area (Å²) >= 11 is 6.01. The van der Waals surface area contributed by atoms with Gasteiger partial charge in [0, 0.05) is 10.7 Å². The molecule has 2 aromatic carbocycles. The van der Waals surface area contributed by atoms with Crippen LogP contribution in [0.2, 0.25) is 5.02 Å². The number of methoxy groups -OCH3 is 2. The van der Waals surface area contributed by atoms with Crippen LogP contribution in [0.5, 0.6) is 0 Å². The van der Waals surface area contributed by atoms with Gasteiger partial charge >= 0.3 is 11.9 Å². The van der Waals surface area contributed by atoms with Crippen LogP contribution in [0.15, 0.2) is 71.2 Å². The lowest BCUT2D eigenvalue weighted by Crippen LogP contribution is -2.43. The molecule has 4 N–H and O–H groups in total. The number of rotatable bonds is 5. The van der Waals surface area contributed by atoms with Crippen molar-refractivity contribution >= 4 is 35.1 Å². The van der Waals surface area contributed by atoms with Gasteiger partial charge in [-0.05, 0) is 36.8 Å². The highest BCUT2D eigenvalue weighted by molar-refractivity contribution is 6.30. The first-order chi connectivity index (χ1) is 15.2. The fourth-order valence-electron chi connectivity index (χ4n) is 3.63. The Kier molecular flexibility index (Phi) is 6.55. The molecular weight excluding hydrogens is 434 g/mol. The first kappa shape index (κ1) is 22.9. The lowest BCUT2D eigenvalue weighted by molar-refractivity contribution is -0.139. The van der Waals surface area contributed by atoms with E-state index in [4.69, 9.17) is 32.5 Å². The van der Waals surface area contributed by atoms with Gasteiger partial charge in [0.1, 0.15) is 11.5 Å². The topological polar surface area (TPSA) is 125 Å². The zero-order chi connectivity index (χ0) is 23.6. The zero-order valence-electron chi connectivity index (χ0n) is 17.7. The van der Waals surface area contributed by atoms with E-state index in [1.54, 1.807) is 48.5 Å². The summed E-state index contributed by atoms with van der Waals surface area (Å²) in [7, 11) is 2.35. The molecule has 1 aliphatic rings. The standard InChI is InChI=1S/C23H22ClN3O5/c1-12-4-10-15(11-5-12)27-19(23(30)32-3)17(22(29)31-2)16(18(20(27)25)21(26)28)13-6-8-14(24)9-7-13/h4-11,16H,25H2,1-3H3,(H2,26,28)/t16-/m1/s1. The molecule has 0 unspecified atom stereocenters. The lowest BCUT2D eigenvalue weighted by atomic mass is 9.80. The molecule has 0 fully saturated rings. The maximum atomic E-state index is 13.0. The number of nitrogens with two attached hydrogens (primary N) is 2. The van der Waals surface area contributed by atoms with Crippen LogP contribution in [-0.2, 0) is 23.9 Å². The van der Waals surface area contributed by atoms with E-state index in [1.165, 1.54) is 19.1 Å². The first-order valence-electron chi connectivity index (χ1n) is 9.53. The molecular formula is C23H22ClN3O5. The number of hydrogen-bond acceptors (Lipinski definition) is 7. The summed E-state index contributed by atoms with van der Waals surface area (Å²) in [5.41, 5.74) is 13.6. The summed E-state index contributed by atoms with van der Waals surface area (Å²) in [5, 5.41) is 0.445. The fourth-order valence-corrected chi connectivity index (χ4v) is 3.76. The fraction of sp³-hybridized carbons (Fsp3) is 0.174. The van der Waals surface area contributed by atoms with E-state index in [0.717, 1.165) is 5.56 Å². The number of anilines is 1. The van der Waals surface area contributed by atoms with Gasteiger partial charge in [-0.3, -0.25) is 9.69 Å². The van der Waals surface area contributed by atoms with E-state index in [1.807, 2.05) is 6.92 Å². The Balaban J connectivity index is 2.43. The second kappa shape index (κ2) is 9.15. The SMILES string of the molecule is COC(=O)C1=C(C(=O)OC)N(c2ccc(C)cc2)C(N)=C(C(N)=O)[C@@H]1c1ccc(Cl)cc1. The Morgan fingerprint density at radius 3 is 1.97 bits per heavy atom. The summed E-state index contributed by atoms with van der Waals surface area (Å²) in [6.45, 7) is 1.89. The third-order valence-electron chi connectivity index (χ3n) is 5.12. The number of hydrogen-bond donors (Lipinski definition) is 2. The summed E-state index contributed by atoms with van der Waals surface area (Å²) in [6, 6.07) is 13.4. The van der Waals surface area contributed by atoms with Gasteiger partial charge in [-0.2, -0.15) is 0 Å². The highest BCUT2D eigenvalue weighted by atomic mass is 35.5. The van der Waals surface area contributed by atoms with Gasteiger partial charge in [-0.25, -0.2) is 9.59 Å². The predicted octanol–water partition coefficient (Wildman–Crippen LogP) is 2.51. The van der Waals surface area contributed by atoms with Crippen molar-refractivity contribution in [3.8, 4) is 0 Å². The Hall–Kier alpha value is -3.78. The van der Waals surface area contributed by atoms with Crippen LogP contribution in [-0.4, -0.2) is 32.1 Å². The summed E-state index contributed by atoms with van der Waals surface area (Å²) in [4.78, 5) is 39.8. The monoisotopic (exact) mass is 455 g/mol. The van der Waals surface area contributed by atoms with Gasteiger partial charge in [-0.1, -0.05) is 41.4 Å². The molecule has 166 valence electrons. The molecule has 1 atom stereocenters. The maximum absolute atomic E-state index is 13.0. The van der Waals surface area contributed by atoms with Crippen molar-refractivity contribution in [1.82, 2.24) is 0 Å². The summed E-state index contributed by atoms with van der Waals surface area (Å²) < 4.78 is 9.96. The van der Waals surface area contributed by atoms with E-state index < -0.39 is 23.8 Å². The lowest BCUT2D eigenvalue weighted by Gasteiger charge is -2.37. The van der Waals surface area contributed by atoms with Crippen molar-refractivity contribution in [2.45, 2.75) is 12.8 Å². The van der Waals surface area contributed by atoms with Crippen LogP contribution < -0.4 is 16.4 Å². The van der Waals surface area contributed by atoms with E-state index >= 15 is 0 Å². The zero-order valence-corrected chi connectivity index (χ0v) is 18.5. The number of primary amides is 1. The highest BCUT2D eigenvalue weighted by Gasteiger charge is 2.44. The molecule has 0 aromatic heterocycles. The van der Waals surface area contributed by atoms with Crippen LogP contribution in [0.25, 0.3) is 0 Å². The number of esters is 2. The van der Waals surface area contributed by atoms with Gasteiger partial charge in [0.15, 0.2) is 0 Å². The number of carbonyl (C=O) groups is 3. The number of benzene rings is 2. The van der Waals surface area contributed by atoms with Crippen LogP contribution >= 0.6 is 11.6 Å². The number of aryl methyl sites for hydroxylation is 1. The van der Waals surface area contributed by atoms with Crippen molar-refractivity contribution < 1.29 is 23.9 Å². The first-order valence-corrected chi connectivity index (χ1v) is 9.91. The third kappa shape index (κ3) is 4.04. The number of carbonyl (C=O) groups excluding carboxylic acids is 3. The van der Waals surface area contributed by atoms with E-state index in [2.05, 4.69) is 0 Å². The molecule has 32 heavy (non-hydrogen) atoms. The molecule has 1 aliphatic heterocycles. The Bertz CT molecular complexity index is 1140. The van der Waals surface area contributed by atoms with Gasteiger partial charge in [0.05, 0.1) is 31.3 Å². The minimum atomic E-state index is -1.08.